The third-order valence-electron chi connectivity index (χ3n) is 3.98. The summed E-state index contributed by atoms with van der Waals surface area (Å²) in [6.45, 7) is 14.7. The maximum Gasteiger partial charge on any atom is 0.335 e. The molecular weight excluding hydrogens is 374 g/mol. The molecule has 0 aromatic heterocycles. The van der Waals surface area contributed by atoms with E-state index in [4.69, 9.17) is 11.2 Å². The first-order chi connectivity index (χ1) is 12.8. The zero-order valence-electron chi connectivity index (χ0n) is 17.7. The Morgan fingerprint density at radius 2 is 1.79 bits per heavy atom. The van der Waals surface area contributed by atoms with Gasteiger partial charge in [0.1, 0.15) is 5.60 Å². The van der Waals surface area contributed by atoms with Gasteiger partial charge >= 0.3 is 5.97 Å². The van der Waals surface area contributed by atoms with Gasteiger partial charge in [0.2, 0.25) is 10.0 Å². The lowest BCUT2D eigenvalue weighted by Crippen LogP contribution is -2.44. The van der Waals surface area contributed by atoms with Crippen molar-refractivity contribution < 1.29 is 17.9 Å². The standard InChI is InChI=1S/C22H31NO4S/c1-9-14-23(28(25,26)19-12-10-17(4)11-13-19)20(15-16(2)3)18(5)21(24)27-22(6,7)8/h1,10-13,16,20H,5,14-15H2,2-4,6-8H3/t20-/m0/s1. The van der Waals surface area contributed by atoms with Crippen molar-refractivity contribution in [3.63, 3.8) is 0 Å². The molecule has 28 heavy (non-hydrogen) atoms. The summed E-state index contributed by atoms with van der Waals surface area (Å²) in [7, 11) is -3.92. The molecule has 1 rings (SSSR count). The molecule has 0 spiro atoms. The highest BCUT2D eigenvalue weighted by Crippen LogP contribution is 2.27. The van der Waals surface area contributed by atoms with Crippen LogP contribution in [0.3, 0.4) is 0 Å². The Morgan fingerprint density at radius 3 is 2.21 bits per heavy atom. The normalized spacial score (nSPS) is 13.2. The lowest BCUT2D eigenvalue weighted by atomic mass is 9.97. The van der Waals surface area contributed by atoms with Crippen LogP contribution in [0.15, 0.2) is 41.3 Å². The Kier molecular flexibility index (Phi) is 8.04. The molecule has 5 nitrogen and oxygen atoms in total. The van der Waals surface area contributed by atoms with E-state index >= 15 is 0 Å². The van der Waals surface area contributed by atoms with E-state index in [0.717, 1.165) is 5.56 Å². The van der Waals surface area contributed by atoms with Crippen molar-refractivity contribution in [2.75, 3.05) is 6.54 Å². The molecule has 0 aliphatic carbocycles. The summed E-state index contributed by atoms with van der Waals surface area (Å²) in [5.74, 6) is 1.89. The summed E-state index contributed by atoms with van der Waals surface area (Å²) in [5.41, 5.74) is 0.309. The third-order valence-corrected chi connectivity index (χ3v) is 5.85. The lowest BCUT2D eigenvalue weighted by Gasteiger charge is -2.32. The highest BCUT2D eigenvalue weighted by Gasteiger charge is 2.36. The van der Waals surface area contributed by atoms with Crippen LogP contribution >= 0.6 is 0 Å². The fraction of sp³-hybridized carbons (Fsp3) is 0.500. The van der Waals surface area contributed by atoms with E-state index in [1.165, 1.54) is 16.4 Å². The van der Waals surface area contributed by atoms with Gasteiger partial charge in [0.25, 0.3) is 0 Å². The third kappa shape index (κ3) is 6.50. The minimum atomic E-state index is -3.92. The van der Waals surface area contributed by atoms with Gasteiger partial charge in [-0.15, -0.1) is 6.42 Å². The van der Waals surface area contributed by atoms with Crippen molar-refractivity contribution in [3.05, 3.63) is 42.0 Å². The van der Waals surface area contributed by atoms with Crippen LogP contribution in [0.4, 0.5) is 0 Å². The Balaban J connectivity index is 3.40. The van der Waals surface area contributed by atoms with Gasteiger partial charge in [-0.05, 0) is 52.2 Å². The number of rotatable bonds is 8. The largest absolute Gasteiger partial charge is 0.457 e. The Hall–Kier alpha value is -2.10. The molecule has 0 amide bonds. The molecule has 0 saturated heterocycles. The van der Waals surface area contributed by atoms with Gasteiger partial charge in [-0.1, -0.05) is 44.0 Å². The molecule has 0 radical (unpaired) electrons. The van der Waals surface area contributed by atoms with Crippen LogP contribution in [0, 0.1) is 25.2 Å². The summed E-state index contributed by atoms with van der Waals surface area (Å²) >= 11 is 0. The number of carbonyl (C=O) groups excluding carboxylic acids is 1. The summed E-state index contributed by atoms with van der Waals surface area (Å²) in [6.07, 6.45) is 5.87. The first-order valence-electron chi connectivity index (χ1n) is 9.23. The van der Waals surface area contributed by atoms with Crippen LogP contribution in [-0.2, 0) is 19.6 Å². The van der Waals surface area contributed by atoms with E-state index in [9.17, 15) is 13.2 Å². The van der Waals surface area contributed by atoms with E-state index in [2.05, 4.69) is 12.5 Å². The molecule has 0 fully saturated rings. The minimum absolute atomic E-state index is 0.0783. The molecular formula is C22H31NO4S. The van der Waals surface area contributed by atoms with E-state index in [0.29, 0.717) is 6.42 Å². The molecule has 0 N–H and O–H groups in total. The van der Waals surface area contributed by atoms with E-state index in [-0.39, 0.29) is 22.9 Å². The van der Waals surface area contributed by atoms with Crippen molar-refractivity contribution in [2.24, 2.45) is 5.92 Å². The number of sulfonamides is 1. The van der Waals surface area contributed by atoms with Crippen molar-refractivity contribution in [1.82, 2.24) is 4.31 Å². The number of ether oxygens (including phenoxy) is 1. The minimum Gasteiger partial charge on any atom is -0.457 e. The molecule has 1 aromatic carbocycles. The predicted octanol–water partition coefficient (Wildman–Crippen LogP) is 3.93. The molecule has 0 bridgehead atoms. The second-order valence-corrected chi connectivity index (χ2v) is 10.1. The van der Waals surface area contributed by atoms with E-state index < -0.39 is 27.6 Å². The Morgan fingerprint density at radius 1 is 1.25 bits per heavy atom. The number of benzene rings is 1. The summed E-state index contributed by atoms with van der Waals surface area (Å²) < 4.78 is 33.2. The topological polar surface area (TPSA) is 63.7 Å². The molecule has 1 atom stereocenters. The second kappa shape index (κ2) is 9.40. The fourth-order valence-corrected chi connectivity index (χ4v) is 4.20. The highest BCUT2D eigenvalue weighted by molar-refractivity contribution is 7.89. The molecule has 0 aliphatic heterocycles. The second-order valence-electron chi connectivity index (χ2n) is 8.24. The van der Waals surface area contributed by atoms with Crippen molar-refractivity contribution in [2.45, 2.75) is 64.5 Å². The molecule has 6 heteroatoms. The average Bonchev–Trinajstić information content (AvgIpc) is 2.55. The van der Waals surface area contributed by atoms with E-state index in [1.54, 1.807) is 32.9 Å². The molecule has 0 aliphatic rings. The Bertz CT molecular complexity index is 840. The number of hydrogen-bond acceptors (Lipinski definition) is 4. The maximum atomic E-state index is 13.3. The van der Waals surface area contributed by atoms with Crippen LogP contribution < -0.4 is 0 Å². The average molecular weight is 406 g/mol. The predicted molar refractivity (Wildman–Crippen MR) is 112 cm³/mol. The van der Waals surface area contributed by atoms with Crippen LogP contribution in [0.25, 0.3) is 0 Å². The van der Waals surface area contributed by atoms with E-state index in [1.807, 2.05) is 20.8 Å². The first kappa shape index (κ1) is 23.9. The van der Waals surface area contributed by atoms with Gasteiger partial charge in [-0.3, -0.25) is 0 Å². The first-order valence-corrected chi connectivity index (χ1v) is 10.7. The van der Waals surface area contributed by atoms with Gasteiger partial charge in [-0.2, -0.15) is 4.31 Å². The number of aryl methyl sites for hydroxylation is 1. The van der Waals surface area contributed by atoms with Gasteiger partial charge in [0.15, 0.2) is 0 Å². The zero-order chi connectivity index (χ0) is 21.7. The molecule has 154 valence electrons. The number of esters is 1. The van der Waals surface area contributed by atoms with Crippen LogP contribution in [-0.4, -0.2) is 36.9 Å². The highest BCUT2D eigenvalue weighted by atomic mass is 32.2. The van der Waals surface area contributed by atoms with Gasteiger partial charge in [-0.25, -0.2) is 13.2 Å². The van der Waals surface area contributed by atoms with Crippen LogP contribution in [0.5, 0.6) is 0 Å². The number of nitrogens with zero attached hydrogens (tertiary/aromatic N) is 1. The number of hydrogen-bond donors (Lipinski definition) is 0. The smallest absolute Gasteiger partial charge is 0.335 e. The van der Waals surface area contributed by atoms with Gasteiger partial charge in [0, 0.05) is 5.57 Å². The molecule has 0 heterocycles. The number of carbonyl (C=O) groups is 1. The lowest BCUT2D eigenvalue weighted by molar-refractivity contribution is -0.150. The molecule has 0 unspecified atom stereocenters. The monoisotopic (exact) mass is 405 g/mol. The number of terminal acetylenes is 1. The van der Waals surface area contributed by atoms with Crippen LogP contribution in [0.2, 0.25) is 0 Å². The quantitative estimate of drug-likeness (QED) is 0.373. The molecule has 0 saturated carbocycles. The fourth-order valence-electron chi connectivity index (χ4n) is 2.66. The van der Waals surface area contributed by atoms with Crippen molar-refractivity contribution in [1.29, 1.82) is 0 Å². The van der Waals surface area contributed by atoms with Crippen molar-refractivity contribution >= 4 is 16.0 Å². The SMILES string of the molecule is C#CCN([C@@H](CC(C)C)C(=C)C(=O)OC(C)(C)C)S(=O)(=O)c1ccc(C)cc1. The van der Waals surface area contributed by atoms with Gasteiger partial charge < -0.3 is 4.74 Å². The summed E-state index contributed by atoms with van der Waals surface area (Å²) in [5, 5.41) is 0. The summed E-state index contributed by atoms with van der Waals surface area (Å²) in [4.78, 5) is 12.7. The maximum absolute atomic E-state index is 13.3. The van der Waals surface area contributed by atoms with Gasteiger partial charge in [0.05, 0.1) is 17.5 Å². The summed E-state index contributed by atoms with van der Waals surface area (Å²) in [6, 6.07) is 5.73. The van der Waals surface area contributed by atoms with Crippen LogP contribution in [0.1, 0.15) is 46.6 Å². The zero-order valence-corrected chi connectivity index (χ0v) is 18.5. The Labute approximate surface area is 169 Å². The van der Waals surface area contributed by atoms with Crippen molar-refractivity contribution in [3.8, 4) is 12.3 Å². The molecule has 1 aromatic rings.